The molecule has 0 amide bonds. The molecule has 1 aliphatic rings. The van der Waals surface area contributed by atoms with Gasteiger partial charge in [0.25, 0.3) is 0 Å². The first-order valence-corrected chi connectivity index (χ1v) is 8.47. The molecule has 124 valence electrons. The molecule has 3 aromatic rings. The maximum absolute atomic E-state index is 6.40. The third kappa shape index (κ3) is 2.62. The molecule has 1 saturated heterocycles. The third-order valence-corrected chi connectivity index (χ3v) is 4.87. The number of rotatable bonds is 4. The molecule has 2 heterocycles. The minimum Gasteiger partial charge on any atom is -0.340 e. The Morgan fingerprint density at radius 1 is 1.04 bits per heavy atom. The highest BCUT2D eigenvalue weighted by atomic mass is 16.8. The van der Waals surface area contributed by atoms with Gasteiger partial charge in [0.1, 0.15) is 0 Å². The summed E-state index contributed by atoms with van der Waals surface area (Å²) in [7, 11) is 0. The number of hydrogen-bond acceptors (Lipinski definition) is 3. The molecule has 4 rings (SSSR count). The SMILES string of the molecule is CC1OC(CCn2ccnc2)(c2cccc3ccccc23)OC1C. The molecule has 2 aromatic carbocycles. The number of nitrogens with zero attached hydrogens (tertiary/aromatic N) is 2. The molecule has 0 spiro atoms. The highest BCUT2D eigenvalue weighted by molar-refractivity contribution is 5.86. The smallest absolute Gasteiger partial charge is 0.197 e. The van der Waals surface area contributed by atoms with Crippen molar-refractivity contribution >= 4 is 10.8 Å². The lowest BCUT2D eigenvalue weighted by atomic mass is 9.95. The number of ether oxygens (including phenoxy) is 2. The van der Waals surface area contributed by atoms with Crippen molar-refractivity contribution in [1.82, 2.24) is 9.55 Å². The molecular weight excluding hydrogens is 300 g/mol. The van der Waals surface area contributed by atoms with E-state index in [4.69, 9.17) is 9.47 Å². The van der Waals surface area contributed by atoms with Gasteiger partial charge in [-0.1, -0.05) is 42.5 Å². The van der Waals surface area contributed by atoms with Crippen molar-refractivity contribution in [2.45, 2.75) is 44.8 Å². The number of fused-ring (bicyclic) bond motifs is 1. The molecule has 0 saturated carbocycles. The summed E-state index contributed by atoms with van der Waals surface area (Å²) in [6, 6.07) is 14.7. The van der Waals surface area contributed by atoms with E-state index in [2.05, 4.69) is 65.9 Å². The maximum Gasteiger partial charge on any atom is 0.197 e. The minimum atomic E-state index is -0.718. The molecule has 1 fully saturated rings. The highest BCUT2D eigenvalue weighted by Crippen LogP contribution is 2.43. The van der Waals surface area contributed by atoms with E-state index in [0.29, 0.717) is 0 Å². The topological polar surface area (TPSA) is 36.3 Å². The van der Waals surface area contributed by atoms with Crippen molar-refractivity contribution in [3.05, 3.63) is 66.7 Å². The first-order valence-electron chi connectivity index (χ1n) is 8.47. The van der Waals surface area contributed by atoms with Crippen molar-refractivity contribution in [1.29, 1.82) is 0 Å². The lowest BCUT2D eigenvalue weighted by molar-refractivity contribution is -0.187. The lowest BCUT2D eigenvalue weighted by Gasteiger charge is -2.30. The van der Waals surface area contributed by atoms with Gasteiger partial charge in [0, 0.05) is 30.9 Å². The van der Waals surface area contributed by atoms with E-state index >= 15 is 0 Å². The normalized spacial score (nSPS) is 26.9. The standard InChI is InChI=1S/C20H22N2O2/c1-15-16(2)24-20(23-15,10-12-22-13-11-21-14-22)19-9-5-7-17-6-3-4-8-18(17)19/h3-9,11,13-16H,10,12H2,1-2H3. The number of hydrogen-bond donors (Lipinski definition) is 0. The van der Waals surface area contributed by atoms with Gasteiger partial charge in [-0.2, -0.15) is 0 Å². The fraction of sp³-hybridized carbons (Fsp3) is 0.350. The van der Waals surface area contributed by atoms with Crippen LogP contribution in [0, 0.1) is 0 Å². The van der Waals surface area contributed by atoms with Gasteiger partial charge in [-0.15, -0.1) is 0 Å². The minimum absolute atomic E-state index is 0.0618. The fourth-order valence-corrected chi connectivity index (χ4v) is 3.45. The Labute approximate surface area is 142 Å². The first kappa shape index (κ1) is 15.4. The van der Waals surface area contributed by atoms with Gasteiger partial charge in [0.05, 0.1) is 18.5 Å². The van der Waals surface area contributed by atoms with Crippen LogP contribution in [0.2, 0.25) is 0 Å². The lowest BCUT2D eigenvalue weighted by Crippen LogP contribution is -2.30. The highest BCUT2D eigenvalue weighted by Gasteiger charge is 2.46. The molecule has 1 aromatic heterocycles. The molecular formula is C20H22N2O2. The zero-order chi connectivity index (χ0) is 16.6. The van der Waals surface area contributed by atoms with E-state index in [-0.39, 0.29) is 12.2 Å². The zero-order valence-electron chi connectivity index (χ0n) is 14.1. The van der Waals surface area contributed by atoms with Gasteiger partial charge < -0.3 is 14.0 Å². The molecule has 24 heavy (non-hydrogen) atoms. The molecule has 0 radical (unpaired) electrons. The van der Waals surface area contributed by atoms with Gasteiger partial charge >= 0.3 is 0 Å². The Morgan fingerprint density at radius 2 is 1.79 bits per heavy atom. The van der Waals surface area contributed by atoms with Crippen LogP contribution in [0.1, 0.15) is 25.8 Å². The molecule has 4 nitrogen and oxygen atoms in total. The van der Waals surface area contributed by atoms with Crippen LogP contribution >= 0.6 is 0 Å². The summed E-state index contributed by atoms with van der Waals surface area (Å²) in [5.74, 6) is -0.718. The van der Waals surface area contributed by atoms with Crippen LogP contribution < -0.4 is 0 Å². The summed E-state index contributed by atoms with van der Waals surface area (Å²) in [5.41, 5.74) is 1.11. The van der Waals surface area contributed by atoms with Crippen LogP contribution in [-0.2, 0) is 21.8 Å². The maximum atomic E-state index is 6.40. The Balaban J connectivity index is 1.77. The number of imidazole rings is 1. The van der Waals surface area contributed by atoms with Crippen molar-refractivity contribution in [3.63, 3.8) is 0 Å². The Hall–Kier alpha value is -2.17. The molecule has 1 aliphatic heterocycles. The van der Waals surface area contributed by atoms with Crippen LogP contribution in [0.5, 0.6) is 0 Å². The summed E-state index contributed by atoms with van der Waals surface area (Å²) >= 11 is 0. The zero-order valence-corrected chi connectivity index (χ0v) is 14.1. The average molecular weight is 322 g/mol. The van der Waals surface area contributed by atoms with Crippen LogP contribution in [0.25, 0.3) is 10.8 Å². The van der Waals surface area contributed by atoms with E-state index in [1.807, 2.05) is 12.5 Å². The predicted molar refractivity (Wildman–Crippen MR) is 93.6 cm³/mol. The second kappa shape index (κ2) is 6.04. The molecule has 4 heteroatoms. The third-order valence-electron chi connectivity index (χ3n) is 4.87. The van der Waals surface area contributed by atoms with E-state index < -0.39 is 5.79 Å². The monoisotopic (exact) mass is 322 g/mol. The summed E-state index contributed by atoms with van der Waals surface area (Å²) in [4.78, 5) is 4.12. The van der Waals surface area contributed by atoms with Crippen LogP contribution in [0.3, 0.4) is 0 Å². The van der Waals surface area contributed by atoms with E-state index in [0.717, 1.165) is 18.5 Å². The molecule has 0 aliphatic carbocycles. The fourth-order valence-electron chi connectivity index (χ4n) is 3.45. The summed E-state index contributed by atoms with van der Waals surface area (Å²) < 4.78 is 14.9. The second-order valence-corrected chi connectivity index (χ2v) is 6.48. The number of benzene rings is 2. The summed E-state index contributed by atoms with van der Waals surface area (Å²) in [5, 5.41) is 2.39. The first-order chi connectivity index (χ1) is 11.7. The summed E-state index contributed by atoms with van der Waals surface area (Å²) in [6.07, 6.45) is 6.47. The van der Waals surface area contributed by atoms with E-state index in [1.165, 1.54) is 10.8 Å². The summed E-state index contributed by atoms with van der Waals surface area (Å²) in [6.45, 7) is 4.95. The van der Waals surface area contributed by atoms with Gasteiger partial charge in [-0.05, 0) is 24.6 Å². The number of aryl methyl sites for hydroxylation is 1. The predicted octanol–water partition coefficient (Wildman–Crippen LogP) is 4.10. The van der Waals surface area contributed by atoms with Crippen molar-refractivity contribution in [2.75, 3.05) is 0 Å². The second-order valence-electron chi connectivity index (χ2n) is 6.48. The van der Waals surface area contributed by atoms with Gasteiger partial charge in [0.15, 0.2) is 5.79 Å². The Kier molecular flexibility index (Phi) is 3.87. The van der Waals surface area contributed by atoms with Gasteiger partial charge in [-0.3, -0.25) is 0 Å². The molecule has 0 bridgehead atoms. The van der Waals surface area contributed by atoms with Crippen molar-refractivity contribution in [2.24, 2.45) is 0 Å². The van der Waals surface area contributed by atoms with Gasteiger partial charge in [0.2, 0.25) is 0 Å². The molecule has 0 N–H and O–H groups in total. The molecule has 2 atom stereocenters. The van der Waals surface area contributed by atoms with Crippen LogP contribution in [0.4, 0.5) is 0 Å². The van der Waals surface area contributed by atoms with Crippen LogP contribution in [0.15, 0.2) is 61.2 Å². The van der Waals surface area contributed by atoms with E-state index in [9.17, 15) is 0 Å². The number of aromatic nitrogens is 2. The Bertz CT molecular complexity index is 813. The van der Waals surface area contributed by atoms with Crippen LogP contribution in [-0.4, -0.2) is 21.8 Å². The quantitative estimate of drug-likeness (QED) is 0.725. The van der Waals surface area contributed by atoms with Crippen molar-refractivity contribution < 1.29 is 9.47 Å². The Morgan fingerprint density at radius 3 is 2.54 bits per heavy atom. The van der Waals surface area contributed by atoms with Crippen molar-refractivity contribution in [3.8, 4) is 0 Å². The van der Waals surface area contributed by atoms with E-state index in [1.54, 1.807) is 6.20 Å². The largest absolute Gasteiger partial charge is 0.340 e. The molecule has 2 unspecified atom stereocenters. The average Bonchev–Trinajstić information content (AvgIpc) is 3.22. The van der Waals surface area contributed by atoms with Gasteiger partial charge in [-0.25, -0.2) is 4.98 Å².